The summed E-state index contributed by atoms with van der Waals surface area (Å²) in [4.78, 5) is 15.8. The van der Waals surface area contributed by atoms with Crippen molar-refractivity contribution < 1.29 is 23.1 Å². The van der Waals surface area contributed by atoms with E-state index in [4.69, 9.17) is 11.6 Å². The first kappa shape index (κ1) is 18.8. The zero-order chi connectivity index (χ0) is 20.1. The maximum absolute atomic E-state index is 13.2. The lowest BCUT2D eigenvalue weighted by Crippen LogP contribution is -2.09. The van der Waals surface area contributed by atoms with E-state index in [0.29, 0.717) is 16.9 Å². The van der Waals surface area contributed by atoms with Crippen molar-refractivity contribution >= 4 is 28.6 Å². The van der Waals surface area contributed by atoms with Crippen molar-refractivity contribution in [2.24, 2.45) is 0 Å². The molecule has 1 aliphatic rings. The SMILES string of the molecule is O=C(O)c1ccc2c(c1)nc(-c1cc(C(F)(F)F)ccc1Cl)n2C1CCCC1. The Balaban J connectivity index is 1.98. The summed E-state index contributed by atoms with van der Waals surface area (Å²) < 4.78 is 41.6. The van der Waals surface area contributed by atoms with Crippen LogP contribution in [0.1, 0.15) is 47.6 Å². The van der Waals surface area contributed by atoms with Gasteiger partial charge in [0.05, 0.1) is 27.2 Å². The number of aromatic nitrogens is 2. The summed E-state index contributed by atoms with van der Waals surface area (Å²) in [6.07, 6.45) is -0.688. The van der Waals surface area contributed by atoms with E-state index in [1.54, 1.807) is 6.07 Å². The summed E-state index contributed by atoms with van der Waals surface area (Å²) in [5, 5.41) is 9.41. The largest absolute Gasteiger partial charge is 0.478 e. The normalized spacial score (nSPS) is 15.4. The van der Waals surface area contributed by atoms with E-state index >= 15 is 0 Å². The van der Waals surface area contributed by atoms with Crippen LogP contribution in [-0.4, -0.2) is 20.6 Å². The number of benzene rings is 2. The second-order valence-corrected chi connectivity index (χ2v) is 7.35. The number of hydrogen-bond donors (Lipinski definition) is 1. The second kappa shape index (κ2) is 6.81. The average Bonchev–Trinajstić information content (AvgIpc) is 3.27. The third kappa shape index (κ3) is 3.24. The van der Waals surface area contributed by atoms with Gasteiger partial charge in [0, 0.05) is 11.6 Å². The fourth-order valence-corrected chi connectivity index (χ4v) is 4.03. The molecule has 1 aliphatic carbocycles. The summed E-state index contributed by atoms with van der Waals surface area (Å²) in [6, 6.07) is 7.84. The van der Waals surface area contributed by atoms with Gasteiger partial charge < -0.3 is 9.67 Å². The van der Waals surface area contributed by atoms with Crippen LogP contribution in [0.2, 0.25) is 5.02 Å². The molecule has 0 bridgehead atoms. The minimum absolute atomic E-state index is 0.0743. The minimum atomic E-state index is -4.50. The first-order chi connectivity index (χ1) is 13.3. The highest BCUT2D eigenvalue weighted by Gasteiger charge is 2.32. The Morgan fingerprint density at radius 1 is 1.14 bits per heavy atom. The summed E-state index contributed by atoms with van der Waals surface area (Å²) in [5.74, 6) is -0.753. The lowest BCUT2D eigenvalue weighted by Gasteiger charge is -2.18. The molecule has 4 rings (SSSR count). The Labute approximate surface area is 163 Å². The summed E-state index contributed by atoms with van der Waals surface area (Å²) >= 11 is 6.25. The summed E-state index contributed by atoms with van der Waals surface area (Å²) in [6.45, 7) is 0. The van der Waals surface area contributed by atoms with Crippen molar-refractivity contribution in [3.63, 3.8) is 0 Å². The molecule has 1 saturated carbocycles. The maximum atomic E-state index is 13.2. The van der Waals surface area contributed by atoms with Crippen LogP contribution in [-0.2, 0) is 6.18 Å². The predicted molar refractivity (Wildman–Crippen MR) is 99.6 cm³/mol. The molecule has 3 aromatic rings. The van der Waals surface area contributed by atoms with Gasteiger partial charge in [-0.2, -0.15) is 13.2 Å². The smallest absolute Gasteiger partial charge is 0.416 e. The molecule has 4 nitrogen and oxygen atoms in total. The highest BCUT2D eigenvalue weighted by Crippen LogP contribution is 2.41. The van der Waals surface area contributed by atoms with Crippen molar-refractivity contribution in [2.45, 2.75) is 37.9 Å². The molecule has 1 heterocycles. The van der Waals surface area contributed by atoms with Crippen molar-refractivity contribution in [2.75, 3.05) is 0 Å². The number of fused-ring (bicyclic) bond motifs is 1. The Kier molecular flexibility index (Phi) is 4.57. The number of hydrogen-bond acceptors (Lipinski definition) is 2. The van der Waals surface area contributed by atoms with Crippen LogP contribution in [0.5, 0.6) is 0 Å². The standard InChI is InChI=1S/C20H16ClF3N2O2/c21-15-7-6-12(20(22,23)24)10-14(15)18-25-16-9-11(19(27)28)5-8-17(16)26(18)13-3-1-2-4-13/h5-10,13H,1-4H2,(H,27,28). The van der Waals surface area contributed by atoms with Crippen molar-refractivity contribution in [1.82, 2.24) is 9.55 Å². The zero-order valence-electron chi connectivity index (χ0n) is 14.6. The third-order valence-electron chi connectivity index (χ3n) is 5.16. The van der Waals surface area contributed by atoms with E-state index in [1.807, 2.05) is 4.57 Å². The minimum Gasteiger partial charge on any atom is -0.478 e. The predicted octanol–water partition coefficient (Wildman–Crippen LogP) is 6.19. The van der Waals surface area contributed by atoms with Gasteiger partial charge in [0.1, 0.15) is 5.82 Å². The van der Waals surface area contributed by atoms with Crippen molar-refractivity contribution in [1.29, 1.82) is 0 Å². The Morgan fingerprint density at radius 2 is 1.86 bits per heavy atom. The van der Waals surface area contributed by atoms with Gasteiger partial charge in [0.25, 0.3) is 0 Å². The van der Waals surface area contributed by atoms with Crippen molar-refractivity contribution in [3.8, 4) is 11.4 Å². The molecule has 0 atom stereocenters. The van der Waals surface area contributed by atoms with E-state index in [2.05, 4.69) is 4.98 Å². The molecule has 0 radical (unpaired) electrons. The molecule has 0 saturated heterocycles. The van der Waals surface area contributed by atoms with Crippen LogP contribution in [0.4, 0.5) is 13.2 Å². The number of halogens is 4. The van der Waals surface area contributed by atoms with Crippen LogP contribution in [0.15, 0.2) is 36.4 Å². The lowest BCUT2D eigenvalue weighted by molar-refractivity contribution is -0.137. The molecule has 1 N–H and O–H groups in total. The van der Waals surface area contributed by atoms with Gasteiger partial charge in [0.15, 0.2) is 0 Å². The van der Waals surface area contributed by atoms with Gasteiger partial charge in [0.2, 0.25) is 0 Å². The Bertz CT molecular complexity index is 1070. The van der Waals surface area contributed by atoms with Crippen LogP contribution < -0.4 is 0 Å². The topological polar surface area (TPSA) is 55.1 Å². The van der Waals surface area contributed by atoms with Crippen LogP contribution in [0, 0.1) is 0 Å². The molecule has 28 heavy (non-hydrogen) atoms. The Morgan fingerprint density at radius 3 is 2.50 bits per heavy atom. The molecule has 0 spiro atoms. The van der Waals surface area contributed by atoms with Crippen LogP contribution in [0.25, 0.3) is 22.4 Å². The zero-order valence-corrected chi connectivity index (χ0v) is 15.4. The lowest BCUT2D eigenvalue weighted by atomic mass is 10.1. The van der Waals surface area contributed by atoms with Gasteiger partial charge in [-0.3, -0.25) is 0 Å². The molecule has 0 unspecified atom stereocenters. The highest BCUT2D eigenvalue weighted by molar-refractivity contribution is 6.33. The molecular formula is C20H16ClF3N2O2. The monoisotopic (exact) mass is 408 g/mol. The van der Waals surface area contributed by atoms with Gasteiger partial charge in [-0.05, 0) is 49.2 Å². The van der Waals surface area contributed by atoms with Gasteiger partial charge >= 0.3 is 12.1 Å². The third-order valence-corrected chi connectivity index (χ3v) is 5.49. The second-order valence-electron chi connectivity index (χ2n) is 6.94. The molecule has 1 fully saturated rings. The Hall–Kier alpha value is -2.54. The number of rotatable bonds is 3. The first-order valence-electron chi connectivity index (χ1n) is 8.88. The number of carbonyl (C=O) groups is 1. The van der Waals surface area contributed by atoms with Gasteiger partial charge in [-0.1, -0.05) is 24.4 Å². The fraction of sp³-hybridized carbons (Fsp3) is 0.300. The molecule has 8 heteroatoms. The number of imidazole rings is 1. The molecule has 1 aromatic heterocycles. The number of nitrogens with zero attached hydrogens (tertiary/aromatic N) is 2. The average molecular weight is 409 g/mol. The molecule has 2 aromatic carbocycles. The van der Waals surface area contributed by atoms with E-state index in [-0.39, 0.29) is 22.2 Å². The molecule has 146 valence electrons. The van der Waals surface area contributed by atoms with E-state index in [9.17, 15) is 23.1 Å². The highest BCUT2D eigenvalue weighted by atomic mass is 35.5. The van der Waals surface area contributed by atoms with Crippen LogP contribution in [0.3, 0.4) is 0 Å². The molecule has 0 amide bonds. The van der Waals surface area contributed by atoms with E-state index in [1.165, 1.54) is 18.2 Å². The molecular weight excluding hydrogens is 393 g/mol. The van der Waals surface area contributed by atoms with E-state index < -0.39 is 17.7 Å². The van der Waals surface area contributed by atoms with Crippen LogP contribution >= 0.6 is 11.6 Å². The quantitative estimate of drug-likeness (QED) is 0.562. The maximum Gasteiger partial charge on any atom is 0.416 e. The van der Waals surface area contributed by atoms with E-state index in [0.717, 1.165) is 37.8 Å². The van der Waals surface area contributed by atoms with Gasteiger partial charge in [-0.25, -0.2) is 9.78 Å². The number of aromatic carboxylic acids is 1. The summed E-state index contributed by atoms with van der Waals surface area (Å²) in [7, 11) is 0. The first-order valence-corrected chi connectivity index (χ1v) is 9.26. The fourth-order valence-electron chi connectivity index (χ4n) is 3.83. The number of carboxylic acids is 1. The molecule has 0 aliphatic heterocycles. The summed E-state index contributed by atoms with van der Waals surface area (Å²) in [5.41, 5.74) is 0.584. The van der Waals surface area contributed by atoms with Gasteiger partial charge in [-0.15, -0.1) is 0 Å². The number of alkyl halides is 3. The number of carboxylic acid groups (broad SMARTS) is 1. The van der Waals surface area contributed by atoms with Crippen molar-refractivity contribution in [3.05, 3.63) is 52.5 Å².